The van der Waals surface area contributed by atoms with Gasteiger partial charge in [-0.1, -0.05) is 13.8 Å². The molecule has 0 fully saturated rings. The highest BCUT2D eigenvalue weighted by Gasteiger charge is 2.20. The monoisotopic (exact) mass is 309 g/mol. The van der Waals surface area contributed by atoms with Crippen LogP contribution < -0.4 is 10.6 Å². The molecule has 1 unspecified atom stereocenters. The number of nitrogens with zero attached hydrogens (tertiary/aromatic N) is 1. The quantitative estimate of drug-likeness (QED) is 0.642. The van der Waals surface area contributed by atoms with Gasteiger partial charge in [0.05, 0.1) is 12.5 Å². The highest BCUT2D eigenvalue weighted by atomic mass is 35.5. The van der Waals surface area contributed by atoms with Gasteiger partial charge in [-0.2, -0.15) is 0 Å². The fraction of sp³-hybridized carbons (Fsp3) is 0.750. The van der Waals surface area contributed by atoms with Crippen molar-refractivity contribution >= 4 is 30.3 Å². The first-order chi connectivity index (χ1) is 8.73. The van der Waals surface area contributed by atoms with Crippen molar-refractivity contribution in [3.05, 3.63) is 0 Å². The summed E-state index contributed by atoms with van der Waals surface area (Å²) in [7, 11) is 1.64. The average Bonchev–Trinajstić information content (AvgIpc) is 2.32. The molecule has 0 spiro atoms. The normalized spacial score (nSPS) is 11.7. The molecule has 118 valence electrons. The van der Waals surface area contributed by atoms with E-state index in [1.807, 2.05) is 13.8 Å². The van der Waals surface area contributed by atoms with Crippen molar-refractivity contribution in [3.8, 4) is 0 Å². The summed E-state index contributed by atoms with van der Waals surface area (Å²) in [5.74, 6) is -1.07. The van der Waals surface area contributed by atoms with Crippen LogP contribution in [0.1, 0.15) is 27.2 Å². The van der Waals surface area contributed by atoms with Crippen molar-refractivity contribution < 1.29 is 19.5 Å². The van der Waals surface area contributed by atoms with Crippen molar-refractivity contribution in [2.24, 2.45) is 5.92 Å². The molecule has 0 bridgehead atoms. The number of amides is 3. The van der Waals surface area contributed by atoms with Crippen LogP contribution >= 0.6 is 12.4 Å². The van der Waals surface area contributed by atoms with Crippen LogP contribution in [0, 0.1) is 5.92 Å². The fourth-order valence-corrected chi connectivity index (χ4v) is 1.22. The Morgan fingerprint density at radius 3 is 2.20 bits per heavy atom. The summed E-state index contributed by atoms with van der Waals surface area (Å²) in [6, 6.07) is -1.10. The van der Waals surface area contributed by atoms with Crippen molar-refractivity contribution in [2.75, 3.05) is 20.1 Å². The molecule has 0 rings (SSSR count). The van der Waals surface area contributed by atoms with Crippen LogP contribution in [0.3, 0.4) is 0 Å². The molecule has 3 amide bonds. The summed E-state index contributed by atoms with van der Waals surface area (Å²) < 4.78 is 0. The lowest BCUT2D eigenvalue weighted by Crippen LogP contribution is -2.49. The SMILES string of the molecule is CC(C)CNC(=O)NC(=O)C(C)N(C)CCC(=O)O.Cl. The number of carbonyl (C=O) groups is 3. The number of urea groups is 1. The number of carboxylic acids is 1. The van der Waals surface area contributed by atoms with Gasteiger partial charge in [0.1, 0.15) is 0 Å². The summed E-state index contributed by atoms with van der Waals surface area (Å²) in [6.45, 7) is 6.25. The fourth-order valence-electron chi connectivity index (χ4n) is 1.22. The number of halogens is 1. The second kappa shape index (κ2) is 10.4. The van der Waals surface area contributed by atoms with Crippen molar-refractivity contribution in [3.63, 3.8) is 0 Å². The highest BCUT2D eigenvalue weighted by molar-refractivity contribution is 5.96. The van der Waals surface area contributed by atoms with Crippen molar-refractivity contribution in [1.29, 1.82) is 0 Å². The standard InChI is InChI=1S/C12H23N3O4.ClH/c1-8(2)7-13-12(19)14-11(18)9(3)15(4)6-5-10(16)17;/h8-9H,5-7H2,1-4H3,(H,16,17)(H2,13,14,18,19);1H. The zero-order chi connectivity index (χ0) is 15.0. The number of hydrogen-bond donors (Lipinski definition) is 3. The second-order valence-corrected chi connectivity index (χ2v) is 4.89. The molecule has 1 atom stereocenters. The third-order valence-electron chi connectivity index (χ3n) is 2.63. The van der Waals surface area contributed by atoms with Gasteiger partial charge >= 0.3 is 12.0 Å². The van der Waals surface area contributed by atoms with Crippen molar-refractivity contribution in [1.82, 2.24) is 15.5 Å². The molecule has 0 heterocycles. The van der Waals surface area contributed by atoms with Crippen molar-refractivity contribution in [2.45, 2.75) is 33.2 Å². The smallest absolute Gasteiger partial charge is 0.321 e. The molecular formula is C12H24ClN3O4. The van der Waals surface area contributed by atoms with E-state index in [2.05, 4.69) is 10.6 Å². The number of carboxylic acid groups (broad SMARTS) is 1. The summed E-state index contributed by atoms with van der Waals surface area (Å²) in [5.41, 5.74) is 0. The van der Waals surface area contributed by atoms with Crippen LogP contribution in [0.25, 0.3) is 0 Å². The zero-order valence-electron chi connectivity index (χ0n) is 12.3. The highest BCUT2D eigenvalue weighted by Crippen LogP contribution is 1.97. The maximum absolute atomic E-state index is 11.7. The molecule has 8 heteroatoms. The Morgan fingerprint density at radius 1 is 1.20 bits per heavy atom. The van der Waals surface area contributed by atoms with Gasteiger partial charge in [0, 0.05) is 13.1 Å². The van der Waals surface area contributed by atoms with E-state index in [0.29, 0.717) is 12.5 Å². The van der Waals surface area contributed by atoms with Crippen LogP contribution in [0.5, 0.6) is 0 Å². The number of likely N-dealkylation sites (N-methyl/N-ethyl adjacent to an activating group) is 1. The Labute approximate surface area is 125 Å². The topological polar surface area (TPSA) is 98.7 Å². The van der Waals surface area contributed by atoms with Gasteiger partial charge < -0.3 is 10.4 Å². The molecule has 0 aromatic carbocycles. The molecule has 7 nitrogen and oxygen atoms in total. The number of nitrogens with one attached hydrogen (secondary N) is 2. The largest absolute Gasteiger partial charge is 0.481 e. The molecule has 0 aliphatic heterocycles. The molecule has 0 aliphatic carbocycles. The van der Waals surface area contributed by atoms with Gasteiger partial charge in [0.25, 0.3) is 0 Å². The van der Waals surface area contributed by atoms with Gasteiger partial charge in [-0.3, -0.25) is 19.8 Å². The van der Waals surface area contributed by atoms with Crippen LogP contribution in [0.2, 0.25) is 0 Å². The minimum absolute atomic E-state index is 0. The van der Waals surface area contributed by atoms with Gasteiger partial charge in [-0.05, 0) is 19.9 Å². The van der Waals surface area contributed by atoms with Crippen LogP contribution in [-0.2, 0) is 9.59 Å². The summed E-state index contributed by atoms with van der Waals surface area (Å²) in [6.07, 6.45) is -0.0480. The molecule has 20 heavy (non-hydrogen) atoms. The van der Waals surface area contributed by atoms with Gasteiger partial charge in [0.2, 0.25) is 5.91 Å². The number of hydrogen-bond acceptors (Lipinski definition) is 4. The zero-order valence-corrected chi connectivity index (χ0v) is 13.1. The molecule has 0 aromatic heterocycles. The maximum Gasteiger partial charge on any atom is 0.321 e. The summed E-state index contributed by atoms with van der Waals surface area (Å²) in [5, 5.41) is 13.4. The minimum Gasteiger partial charge on any atom is -0.481 e. The first-order valence-electron chi connectivity index (χ1n) is 6.24. The van der Waals surface area contributed by atoms with Gasteiger partial charge in [-0.25, -0.2) is 4.79 Å². The molecule has 0 aromatic rings. The number of rotatable bonds is 7. The number of imide groups is 1. The Balaban J connectivity index is 0. The second-order valence-electron chi connectivity index (χ2n) is 4.89. The molecule has 0 saturated carbocycles. The first kappa shape index (κ1) is 21.0. The third-order valence-corrected chi connectivity index (χ3v) is 2.63. The number of aliphatic carboxylic acids is 1. The molecule has 0 radical (unpaired) electrons. The molecule has 3 N–H and O–H groups in total. The van der Waals surface area contributed by atoms with E-state index in [9.17, 15) is 14.4 Å². The predicted octanol–water partition coefficient (Wildman–Crippen LogP) is 0.685. The first-order valence-corrected chi connectivity index (χ1v) is 6.24. The van der Waals surface area contributed by atoms with E-state index in [-0.39, 0.29) is 25.4 Å². The summed E-state index contributed by atoms with van der Waals surface area (Å²) >= 11 is 0. The predicted molar refractivity (Wildman–Crippen MR) is 78.0 cm³/mol. The van der Waals surface area contributed by atoms with Gasteiger partial charge in [0.15, 0.2) is 0 Å². The van der Waals surface area contributed by atoms with Crippen LogP contribution in [0.15, 0.2) is 0 Å². The van der Waals surface area contributed by atoms with Crippen LogP contribution in [0.4, 0.5) is 4.79 Å². The number of carbonyl (C=O) groups excluding carboxylic acids is 2. The van der Waals surface area contributed by atoms with E-state index in [0.717, 1.165) is 0 Å². The molecule has 0 saturated heterocycles. The molecule has 0 aliphatic rings. The Kier molecular flexibility index (Phi) is 11.0. The Bertz CT molecular complexity index is 337. The molecular weight excluding hydrogens is 286 g/mol. The van der Waals surface area contributed by atoms with Crippen LogP contribution in [-0.4, -0.2) is 54.1 Å². The van der Waals surface area contributed by atoms with Gasteiger partial charge in [-0.15, -0.1) is 12.4 Å². The minimum atomic E-state index is -0.922. The van der Waals surface area contributed by atoms with E-state index in [1.54, 1.807) is 18.9 Å². The Hall–Kier alpha value is -1.34. The lowest BCUT2D eigenvalue weighted by Gasteiger charge is -2.22. The van der Waals surface area contributed by atoms with E-state index < -0.39 is 23.9 Å². The van der Waals surface area contributed by atoms with E-state index in [4.69, 9.17) is 5.11 Å². The lowest BCUT2D eigenvalue weighted by atomic mass is 10.2. The summed E-state index contributed by atoms with van der Waals surface area (Å²) in [4.78, 5) is 35.1. The lowest BCUT2D eigenvalue weighted by molar-refractivity contribution is -0.138. The van der Waals surface area contributed by atoms with E-state index >= 15 is 0 Å². The maximum atomic E-state index is 11.7. The average molecular weight is 310 g/mol. The van der Waals surface area contributed by atoms with E-state index in [1.165, 1.54) is 0 Å². The third kappa shape index (κ3) is 9.57. The Morgan fingerprint density at radius 2 is 1.75 bits per heavy atom.